The fourth-order valence-corrected chi connectivity index (χ4v) is 3.12. The third kappa shape index (κ3) is 6.75. The molecule has 8 heteroatoms. The topological polar surface area (TPSA) is 103 Å². The highest BCUT2D eigenvalue weighted by Crippen LogP contribution is 2.27. The lowest BCUT2D eigenvalue weighted by Crippen LogP contribution is -2.48. The Morgan fingerprint density at radius 1 is 1.11 bits per heavy atom. The Balaban J connectivity index is 1.69. The summed E-state index contributed by atoms with van der Waals surface area (Å²) in [6.07, 6.45) is 4.18. The first-order valence-corrected chi connectivity index (χ1v) is 9.42. The number of imide groups is 1. The summed E-state index contributed by atoms with van der Waals surface area (Å²) in [6, 6.07) is 4.77. The van der Waals surface area contributed by atoms with E-state index in [9.17, 15) is 14.4 Å². The molecule has 3 amide bonds. The summed E-state index contributed by atoms with van der Waals surface area (Å²) in [7, 11) is 1.50. The molecule has 8 nitrogen and oxygen atoms in total. The molecular weight excluding hydrogens is 364 g/mol. The van der Waals surface area contributed by atoms with Crippen molar-refractivity contribution in [1.29, 1.82) is 0 Å². The minimum atomic E-state index is -0.723. The van der Waals surface area contributed by atoms with Gasteiger partial charge in [0.1, 0.15) is 0 Å². The van der Waals surface area contributed by atoms with Gasteiger partial charge in [-0.3, -0.25) is 10.1 Å². The number of aryl methyl sites for hydroxylation is 1. The van der Waals surface area contributed by atoms with Gasteiger partial charge in [0.15, 0.2) is 24.7 Å². The van der Waals surface area contributed by atoms with Crippen LogP contribution in [0.25, 0.3) is 0 Å². The average Bonchev–Trinajstić information content (AvgIpc) is 2.67. The van der Waals surface area contributed by atoms with E-state index in [4.69, 9.17) is 14.2 Å². The highest BCUT2D eigenvalue weighted by Gasteiger charge is 2.23. The maximum absolute atomic E-state index is 11.9. The van der Waals surface area contributed by atoms with Gasteiger partial charge < -0.3 is 19.5 Å². The van der Waals surface area contributed by atoms with Crippen LogP contribution in [-0.4, -0.2) is 44.3 Å². The summed E-state index contributed by atoms with van der Waals surface area (Å²) in [4.78, 5) is 35.4. The fourth-order valence-electron chi connectivity index (χ4n) is 3.12. The molecular formula is C20H28N2O6. The van der Waals surface area contributed by atoms with Gasteiger partial charge in [-0.15, -0.1) is 0 Å². The van der Waals surface area contributed by atoms with Crippen LogP contribution in [0.5, 0.6) is 11.5 Å². The van der Waals surface area contributed by atoms with E-state index in [0.717, 1.165) is 31.2 Å². The van der Waals surface area contributed by atoms with E-state index in [1.54, 1.807) is 12.1 Å². The van der Waals surface area contributed by atoms with Crippen LogP contribution >= 0.6 is 0 Å². The summed E-state index contributed by atoms with van der Waals surface area (Å²) in [5, 5.41) is 4.98. The van der Waals surface area contributed by atoms with E-state index in [2.05, 4.69) is 17.6 Å². The molecule has 1 aromatic rings. The van der Waals surface area contributed by atoms with Crippen molar-refractivity contribution < 1.29 is 28.6 Å². The van der Waals surface area contributed by atoms with Crippen LogP contribution in [0.15, 0.2) is 18.2 Å². The van der Waals surface area contributed by atoms with Crippen LogP contribution < -0.4 is 20.1 Å². The van der Waals surface area contributed by atoms with Crippen molar-refractivity contribution in [2.45, 2.75) is 45.6 Å². The Morgan fingerprint density at radius 3 is 2.57 bits per heavy atom. The van der Waals surface area contributed by atoms with Crippen LogP contribution in [0.1, 0.15) is 38.2 Å². The zero-order chi connectivity index (χ0) is 20.5. The molecule has 0 spiro atoms. The van der Waals surface area contributed by atoms with Crippen LogP contribution in [0, 0.1) is 12.8 Å². The van der Waals surface area contributed by atoms with E-state index in [1.165, 1.54) is 7.11 Å². The van der Waals surface area contributed by atoms with Crippen LogP contribution in [0.2, 0.25) is 0 Å². The predicted molar refractivity (Wildman–Crippen MR) is 102 cm³/mol. The first kappa shape index (κ1) is 21.5. The van der Waals surface area contributed by atoms with E-state index in [-0.39, 0.29) is 12.6 Å². The molecule has 0 aromatic heterocycles. The van der Waals surface area contributed by atoms with Gasteiger partial charge in [-0.05, 0) is 43.4 Å². The molecule has 0 saturated heterocycles. The smallest absolute Gasteiger partial charge is 0.344 e. The van der Waals surface area contributed by atoms with Crippen molar-refractivity contribution in [1.82, 2.24) is 10.6 Å². The summed E-state index contributed by atoms with van der Waals surface area (Å²) in [6.45, 7) is 3.06. The molecule has 1 fully saturated rings. The number of rotatable bonds is 7. The molecule has 0 bridgehead atoms. The molecule has 28 heavy (non-hydrogen) atoms. The highest BCUT2D eigenvalue weighted by atomic mass is 16.6. The first-order chi connectivity index (χ1) is 13.4. The molecule has 1 aromatic carbocycles. The lowest BCUT2D eigenvalue weighted by molar-refractivity contribution is -0.150. The number of methoxy groups -OCH3 is 1. The van der Waals surface area contributed by atoms with Crippen molar-refractivity contribution in [3.63, 3.8) is 0 Å². The van der Waals surface area contributed by atoms with Crippen molar-refractivity contribution in [3.8, 4) is 11.5 Å². The Labute approximate surface area is 164 Å². The second-order valence-corrected chi connectivity index (χ2v) is 6.99. The monoisotopic (exact) mass is 392 g/mol. The number of nitrogens with one attached hydrogen (secondary N) is 2. The van der Waals surface area contributed by atoms with Crippen LogP contribution in [0.4, 0.5) is 4.79 Å². The standard InChI is InChI=1S/C20H28N2O6/c1-13-8-9-16(17(10-13)26-3)27-12-19(24)28-11-18(23)22-20(25)21-15-7-5-4-6-14(15)2/h8-10,14-15H,4-7,11-12H2,1-3H3,(H2,21,22,23,25). The van der Waals surface area contributed by atoms with Gasteiger partial charge in [-0.25, -0.2) is 9.59 Å². The number of urea groups is 1. The van der Waals surface area contributed by atoms with Crippen molar-refractivity contribution >= 4 is 17.9 Å². The minimum absolute atomic E-state index is 0.0574. The Morgan fingerprint density at radius 2 is 1.86 bits per heavy atom. The van der Waals surface area contributed by atoms with Gasteiger partial charge >= 0.3 is 12.0 Å². The molecule has 2 unspecified atom stereocenters. The molecule has 2 atom stereocenters. The van der Waals surface area contributed by atoms with Gasteiger partial charge in [-0.2, -0.15) is 0 Å². The van der Waals surface area contributed by atoms with Gasteiger partial charge in [0, 0.05) is 6.04 Å². The lowest BCUT2D eigenvalue weighted by Gasteiger charge is -2.29. The molecule has 0 heterocycles. The Hall–Kier alpha value is -2.77. The molecule has 1 aliphatic carbocycles. The zero-order valence-corrected chi connectivity index (χ0v) is 16.6. The van der Waals surface area contributed by atoms with Crippen molar-refractivity contribution in [2.24, 2.45) is 5.92 Å². The number of hydrogen-bond acceptors (Lipinski definition) is 6. The fraction of sp³-hybridized carbons (Fsp3) is 0.550. The predicted octanol–water partition coefficient (Wildman–Crippen LogP) is 2.33. The second-order valence-electron chi connectivity index (χ2n) is 6.99. The SMILES string of the molecule is COc1cc(C)ccc1OCC(=O)OCC(=O)NC(=O)NC1CCCCC1C. The van der Waals surface area contributed by atoms with E-state index in [1.807, 2.05) is 13.0 Å². The first-order valence-electron chi connectivity index (χ1n) is 9.42. The summed E-state index contributed by atoms with van der Waals surface area (Å²) in [5.74, 6) is -0.140. The van der Waals surface area contributed by atoms with Gasteiger partial charge in [0.05, 0.1) is 7.11 Å². The number of amides is 3. The minimum Gasteiger partial charge on any atom is -0.493 e. The number of carbonyl (C=O) groups is 3. The molecule has 1 saturated carbocycles. The zero-order valence-electron chi connectivity index (χ0n) is 16.6. The normalized spacial score (nSPS) is 18.7. The second kappa shape index (κ2) is 10.5. The van der Waals surface area contributed by atoms with Gasteiger partial charge in [0.25, 0.3) is 5.91 Å². The lowest BCUT2D eigenvalue weighted by atomic mass is 9.86. The molecule has 2 N–H and O–H groups in total. The van der Waals surface area contributed by atoms with Gasteiger partial charge in [0.2, 0.25) is 0 Å². The molecule has 154 valence electrons. The van der Waals surface area contributed by atoms with E-state index in [0.29, 0.717) is 17.4 Å². The number of hydrogen-bond donors (Lipinski definition) is 2. The maximum Gasteiger partial charge on any atom is 0.344 e. The number of benzene rings is 1. The molecule has 2 rings (SSSR count). The molecule has 0 radical (unpaired) electrons. The summed E-state index contributed by atoms with van der Waals surface area (Å²) < 4.78 is 15.4. The number of esters is 1. The molecule has 1 aliphatic rings. The number of carbonyl (C=O) groups excluding carboxylic acids is 3. The quantitative estimate of drug-likeness (QED) is 0.691. The van der Waals surface area contributed by atoms with E-state index < -0.39 is 24.5 Å². The summed E-state index contributed by atoms with van der Waals surface area (Å²) in [5.41, 5.74) is 0.990. The van der Waals surface area contributed by atoms with Gasteiger partial charge in [-0.1, -0.05) is 25.8 Å². The number of ether oxygens (including phenoxy) is 3. The average molecular weight is 392 g/mol. The highest BCUT2D eigenvalue weighted by molar-refractivity contribution is 5.95. The summed E-state index contributed by atoms with van der Waals surface area (Å²) >= 11 is 0. The van der Waals surface area contributed by atoms with Crippen molar-refractivity contribution in [2.75, 3.05) is 20.3 Å². The van der Waals surface area contributed by atoms with E-state index >= 15 is 0 Å². The van der Waals surface area contributed by atoms with Crippen LogP contribution in [-0.2, 0) is 14.3 Å². The Bertz CT molecular complexity index is 706. The third-order valence-electron chi connectivity index (χ3n) is 4.71. The largest absolute Gasteiger partial charge is 0.493 e. The maximum atomic E-state index is 11.9. The molecule has 0 aliphatic heterocycles. The Kier molecular flexibility index (Phi) is 8.10. The van der Waals surface area contributed by atoms with Crippen molar-refractivity contribution in [3.05, 3.63) is 23.8 Å². The van der Waals surface area contributed by atoms with Crippen LogP contribution in [0.3, 0.4) is 0 Å². The third-order valence-corrected chi connectivity index (χ3v) is 4.71.